The molecule has 1 aliphatic heterocycles. The molecule has 1 nitrogen and oxygen atoms in total. The number of likely N-dealkylation sites (tertiary alicyclic amines) is 1. The SMILES string of the molecule is CC(C)C1C/C(=C/F)CN1C. The first-order valence-electron chi connectivity index (χ1n) is 4.13. The Morgan fingerprint density at radius 3 is 2.55 bits per heavy atom. The van der Waals surface area contributed by atoms with Crippen molar-refractivity contribution in [3.05, 3.63) is 11.9 Å². The normalized spacial score (nSPS) is 30.6. The van der Waals surface area contributed by atoms with Gasteiger partial charge in [0.05, 0.1) is 6.33 Å². The maximum absolute atomic E-state index is 12.1. The zero-order valence-electron chi connectivity index (χ0n) is 7.47. The number of halogens is 1. The van der Waals surface area contributed by atoms with Gasteiger partial charge in [-0.1, -0.05) is 13.8 Å². The van der Waals surface area contributed by atoms with Crippen molar-refractivity contribution in [1.29, 1.82) is 0 Å². The van der Waals surface area contributed by atoms with Crippen LogP contribution in [0.3, 0.4) is 0 Å². The van der Waals surface area contributed by atoms with E-state index in [2.05, 4.69) is 25.8 Å². The van der Waals surface area contributed by atoms with Crippen molar-refractivity contribution in [1.82, 2.24) is 4.90 Å². The molecule has 0 aromatic carbocycles. The zero-order chi connectivity index (χ0) is 8.43. The van der Waals surface area contributed by atoms with Crippen molar-refractivity contribution >= 4 is 0 Å². The molecule has 0 radical (unpaired) electrons. The highest BCUT2D eigenvalue weighted by Gasteiger charge is 2.26. The number of hydrogen-bond donors (Lipinski definition) is 0. The smallest absolute Gasteiger partial charge is 0.0872 e. The number of hydrogen-bond acceptors (Lipinski definition) is 1. The lowest BCUT2D eigenvalue weighted by molar-refractivity contribution is 0.250. The summed E-state index contributed by atoms with van der Waals surface area (Å²) in [6.45, 7) is 5.17. The lowest BCUT2D eigenvalue weighted by Gasteiger charge is -2.22. The average Bonchev–Trinajstić information content (AvgIpc) is 2.30. The summed E-state index contributed by atoms with van der Waals surface area (Å²) < 4.78 is 12.1. The third-order valence-corrected chi connectivity index (χ3v) is 2.41. The monoisotopic (exact) mass is 157 g/mol. The van der Waals surface area contributed by atoms with Crippen molar-refractivity contribution in [3.8, 4) is 0 Å². The second-order valence-corrected chi connectivity index (χ2v) is 3.70. The molecule has 0 N–H and O–H groups in total. The second-order valence-electron chi connectivity index (χ2n) is 3.70. The Morgan fingerprint density at radius 1 is 1.64 bits per heavy atom. The van der Waals surface area contributed by atoms with Gasteiger partial charge in [-0.05, 0) is 25.0 Å². The predicted octanol–water partition coefficient (Wildman–Crippen LogP) is 2.20. The van der Waals surface area contributed by atoms with E-state index in [4.69, 9.17) is 0 Å². The van der Waals surface area contributed by atoms with Crippen LogP contribution in [-0.2, 0) is 0 Å². The van der Waals surface area contributed by atoms with Crippen LogP contribution in [-0.4, -0.2) is 24.5 Å². The molecule has 0 bridgehead atoms. The van der Waals surface area contributed by atoms with E-state index in [-0.39, 0.29) is 0 Å². The molecule has 1 aliphatic rings. The Hall–Kier alpha value is -0.370. The summed E-state index contributed by atoms with van der Waals surface area (Å²) in [6.07, 6.45) is 1.67. The van der Waals surface area contributed by atoms with Gasteiger partial charge in [-0.3, -0.25) is 4.90 Å². The molecule has 2 heteroatoms. The van der Waals surface area contributed by atoms with Gasteiger partial charge in [0, 0.05) is 12.6 Å². The lowest BCUT2D eigenvalue weighted by atomic mass is 10.0. The number of likely N-dealkylation sites (N-methyl/N-ethyl adjacent to an activating group) is 1. The van der Waals surface area contributed by atoms with Gasteiger partial charge in [0.25, 0.3) is 0 Å². The van der Waals surface area contributed by atoms with Gasteiger partial charge in [-0.25, -0.2) is 4.39 Å². The van der Waals surface area contributed by atoms with E-state index in [9.17, 15) is 4.39 Å². The Bertz CT molecular complexity index is 163. The van der Waals surface area contributed by atoms with E-state index in [0.717, 1.165) is 24.9 Å². The Labute approximate surface area is 67.9 Å². The minimum absolute atomic E-state index is 0.539. The predicted molar refractivity (Wildman–Crippen MR) is 45.1 cm³/mol. The highest BCUT2D eigenvalue weighted by atomic mass is 19.1. The van der Waals surface area contributed by atoms with Gasteiger partial charge in [-0.2, -0.15) is 0 Å². The molecule has 1 fully saturated rings. The summed E-state index contributed by atoms with van der Waals surface area (Å²) in [5, 5.41) is 0. The van der Waals surface area contributed by atoms with Gasteiger partial charge in [0.15, 0.2) is 0 Å². The lowest BCUT2D eigenvalue weighted by Crippen LogP contribution is -2.29. The molecule has 0 amide bonds. The largest absolute Gasteiger partial charge is 0.299 e. The van der Waals surface area contributed by atoms with Crippen LogP contribution >= 0.6 is 0 Å². The third kappa shape index (κ3) is 1.80. The Kier molecular flexibility index (Phi) is 2.66. The molecule has 0 aliphatic carbocycles. The van der Waals surface area contributed by atoms with E-state index in [1.54, 1.807) is 0 Å². The topological polar surface area (TPSA) is 3.24 Å². The molecule has 0 saturated carbocycles. The van der Waals surface area contributed by atoms with Crippen molar-refractivity contribution in [2.24, 2.45) is 5.92 Å². The standard InChI is InChI=1S/C9H16FN/c1-7(2)9-4-8(5-10)6-11(9)3/h5,7,9H,4,6H2,1-3H3/b8-5-. The molecule has 0 aromatic rings. The first-order valence-corrected chi connectivity index (χ1v) is 4.13. The first-order chi connectivity index (χ1) is 5.15. The fourth-order valence-electron chi connectivity index (χ4n) is 1.75. The Morgan fingerprint density at radius 2 is 2.27 bits per heavy atom. The molecular weight excluding hydrogens is 141 g/mol. The minimum Gasteiger partial charge on any atom is -0.299 e. The van der Waals surface area contributed by atoms with E-state index >= 15 is 0 Å². The molecule has 11 heavy (non-hydrogen) atoms. The summed E-state index contributed by atoms with van der Waals surface area (Å²) in [5.74, 6) is 0.623. The van der Waals surface area contributed by atoms with Crippen molar-refractivity contribution < 1.29 is 4.39 Å². The highest BCUT2D eigenvalue weighted by molar-refractivity contribution is 5.10. The van der Waals surface area contributed by atoms with Crippen molar-refractivity contribution in [3.63, 3.8) is 0 Å². The van der Waals surface area contributed by atoms with Gasteiger partial charge < -0.3 is 0 Å². The van der Waals surface area contributed by atoms with E-state index in [0.29, 0.717) is 12.0 Å². The van der Waals surface area contributed by atoms with Gasteiger partial charge in [-0.15, -0.1) is 0 Å². The molecule has 1 atom stereocenters. The van der Waals surface area contributed by atoms with Crippen LogP contribution < -0.4 is 0 Å². The molecule has 1 heterocycles. The summed E-state index contributed by atoms with van der Waals surface area (Å²) in [6, 6.07) is 0.539. The minimum atomic E-state index is 0.539. The first kappa shape index (κ1) is 8.72. The summed E-state index contributed by atoms with van der Waals surface area (Å²) in [7, 11) is 2.06. The van der Waals surface area contributed by atoms with Crippen molar-refractivity contribution in [2.75, 3.05) is 13.6 Å². The van der Waals surface area contributed by atoms with E-state index in [1.807, 2.05) is 0 Å². The van der Waals surface area contributed by atoms with Gasteiger partial charge in [0.2, 0.25) is 0 Å². The molecule has 1 unspecified atom stereocenters. The number of rotatable bonds is 1. The summed E-state index contributed by atoms with van der Waals surface area (Å²) >= 11 is 0. The fourth-order valence-corrected chi connectivity index (χ4v) is 1.75. The van der Waals surface area contributed by atoms with Crippen molar-refractivity contribution in [2.45, 2.75) is 26.3 Å². The quantitative estimate of drug-likeness (QED) is 0.564. The van der Waals surface area contributed by atoms with Crippen LogP contribution in [0.1, 0.15) is 20.3 Å². The average molecular weight is 157 g/mol. The second kappa shape index (κ2) is 3.35. The van der Waals surface area contributed by atoms with E-state index < -0.39 is 0 Å². The zero-order valence-corrected chi connectivity index (χ0v) is 7.47. The molecular formula is C9H16FN. The Balaban J connectivity index is 2.59. The van der Waals surface area contributed by atoms with Crippen LogP contribution in [0.15, 0.2) is 11.9 Å². The van der Waals surface area contributed by atoms with Crippen LogP contribution in [0.2, 0.25) is 0 Å². The maximum atomic E-state index is 12.1. The van der Waals surface area contributed by atoms with Crippen LogP contribution in [0.5, 0.6) is 0 Å². The molecule has 0 spiro atoms. The highest BCUT2D eigenvalue weighted by Crippen LogP contribution is 2.25. The van der Waals surface area contributed by atoms with Crippen LogP contribution in [0.25, 0.3) is 0 Å². The molecule has 1 saturated heterocycles. The molecule has 64 valence electrons. The number of nitrogens with zero attached hydrogens (tertiary/aromatic N) is 1. The molecule has 1 rings (SSSR count). The van der Waals surface area contributed by atoms with Crippen LogP contribution in [0, 0.1) is 5.92 Å². The van der Waals surface area contributed by atoms with Crippen LogP contribution in [0.4, 0.5) is 4.39 Å². The molecule has 0 aromatic heterocycles. The fraction of sp³-hybridized carbons (Fsp3) is 0.778. The van der Waals surface area contributed by atoms with E-state index in [1.165, 1.54) is 0 Å². The third-order valence-electron chi connectivity index (χ3n) is 2.41. The maximum Gasteiger partial charge on any atom is 0.0872 e. The summed E-state index contributed by atoms with van der Waals surface area (Å²) in [5.41, 5.74) is 0.936. The van der Waals surface area contributed by atoms with Gasteiger partial charge in [0.1, 0.15) is 0 Å². The van der Waals surface area contributed by atoms with Gasteiger partial charge >= 0.3 is 0 Å². The summed E-state index contributed by atoms with van der Waals surface area (Å²) in [4.78, 5) is 2.22.